The quantitative estimate of drug-likeness (QED) is 0.720. The van der Waals surface area contributed by atoms with Gasteiger partial charge >= 0.3 is 0 Å². The van der Waals surface area contributed by atoms with Gasteiger partial charge in [-0.3, -0.25) is 0 Å². The molecule has 4 rings (SSSR count). The van der Waals surface area contributed by atoms with Gasteiger partial charge in [0.2, 0.25) is 0 Å². The molecule has 2 aromatic rings. The Balaban J connectivity index is 2.33. The molecule has 0 bridgehead atoms. The van der Waals surface area contributed by atoms with Crippen LogP contribution in [0.3, 0.4) is 0 Å². The molecule has 0 aromatic carbocycles. The predicted octanol–water partition coefficient (Wildman–Crippen LogP) is 0.466. The van der Waals surface area contributed by atoms with Crippen molar-refractivity contribution in [3.05, 3.63) is 45.4 Å². The molecule has 0 spiro atoms. The molecular weight excluding hydrogens is 224 g/mol. The van der Waals surface area contributed by atoms with E-state index in [-0.39, 0.29) is 0 Å². The van der Waals surface area contributed by atoms with Gasteiger partial charge in [-0.2, -0.15) is 0 Å². The molecule has 0 amide bonds. The first-order valence-corrected chi connectivity index (χ1v) is 5.86. The Bertz CT molecular complexity index is 863. The second kappa shape index (κ2) is 3.50. The van der Waals surface area contributed by atoms with Crippen LogP contribution in [0.25, 0.3) is 12.2 Å². The van der Waals surface area contributed by atoms with Crippen molar-refractivity contribution in [2.75, 3.05) is 11.9 Å². The molecule has 0 saturated carbocycles. The molecule has 4 heterocycles. The normalized spacial score (nSPS) is 16.4. The van der Waals surface area contributed by atoms with Gasteiger partial charge in [0.15, 0.2) is 5.82 Å². The topological polar surface area (TPSA) is 50.2 Å². The maximum absolute atomic E-state index is 4.34. The second-order valence-electron chi connectivity index (χ2n) is 4.25. The highest BCUT2D eigenvalue weighted by Gasteiger charge is 2.05. The number of anilines is 1. The number of hydrogen-bond acceptors (Lipinski definition) is 4. The number of hydrogen-bond donors (Lipinski definition) is 1. The summed E-state index contributed by atoms with van der Waals surface area (Å²) >= 11 is 0. The van der Waals surface area contributed by atoms with Crippen LogP contribution in [0.2, 0.25) is 0 Å². The van der Waals surface area contributed by atoms with Crippen LogP contribution < -0.4 is 15.8 Å². The van der Waals surface area contributed by atoms with E-state index in [1.54, 1.807) is 12.4 Å². The molecule has 18 heavy (non-hydrogen) atoms. The fraction of sp³-hybridized carbons (Fsp3) is 0.0714. The van der Waals surface area contributed by atoms with Crippen LogP contribution in [-0.2, 0) is 0 Å². The molecule has 1 N–H and O–H groups in total. The summed E-state index contributed by atoms with van der Waals surface area (Å²) in [5.41, 5.74) is 0. The Kier molecular flexibility index (Phi) is 1.85. The molecule has 0 radical (unpaired) electrons. The van der Waals surface area contributed by atoms with Crippen LogP contribution in [0.4, 0.5) is 11.6 Å². The summed E-state index contributed by atoms with van der Waals surface area (Å²) in [5.74, 6) is 1.75. The highest BCUT2D eigenvalue weighted by atomic mass is 15.0. The van der Waals surface area contributed by atoms with Gasteiger partial charge in [0.25, 0.3) is 0 Å². The van der Waals surface area contributed by atoms with Crippen molar-refractivity contribution >= 4 is 30.0 Å². The Hall–Kier alpha value is -2.49. The Morgan fingerprint density at radius 2 is 1.83 bits per heavy atom. The minimum absolute atomic E-state index is 0.795. The molecule has 2 aliphatic heterocycles. The molecule has 0 saturated heterocycles. The zero-order chi connectivity index (χ0) is 11.9. The third-order valence-corrected chi connectivity index (χ3v) is 3.26. The van der Waals surface area contributed by atoms with Gasteiger partial charge in [-0.15, -0.1) is 0 Å². The van der Waals surface area contributed by atoms with Crippen LogP contribution in [-0.4, -0.2) is 22.7 Å². The van der Waals surface area contributed by atoms with Gasteiger partial charge in [0, 0.05) is 35.6 Å². The van der Waals surface area contributed by atoms with Gasteiger partial charge in [-0.05, 0) is 28.6 Å². The number of aromatic nitrogens is 2. The summed E-state index contributed by atoms with van der Waals surface area (Å²) in [4.78, 5) is 12.9. The monoisotopic (exact) mass is 234 g/mol. The summed E-state index contributed by atoms with van der Waals surface area (Å²) in [6.07, 6.45) is 9.61. The van der Waals surface area contributed by atoms with Crippen molar-refractivity contribution in [2.24, 2.45) is 4.99 Å². The van der Waals surface area contributed by atoms with Crippen molar-refractivity contribution in [2.45, 2.75) is 0 Å². The Labute approximate surface area is 103 Å². The summed E-state index contributed by atoms with van der Waals surface area (Å²) in [6.45, 7) is 0.840. The maximum atomic E-state index is 4.34. The third-order valence-electron chi connectivity index (χ3n) is 3.26. The third kappa shape index (κ3) is 1.23. The summed E-state index contributed by atoms with van der Waals surface area (Å²) < 4.78 is 0. The first kappa shape index (κ1) is 9.53. The zero-order valence-electron chi connectivity index (χ0n) is 9.59. The number of nitrogens with one attached hydrogen (secondary N) is 1. The van der Waals surface area contributed by atoms with Crippen LogP contribution in [0, 0.1) is 10.4 Å². The predicted molar refractivity (Wildman–Crippen MR) is 71.0 cm³/mol. The summed E-state index contributed by atoms with van der Waals surface area (Å²) in [5, 5.41) is 7.86. The molecule has 4 heteroatoms. The lowest BCUT2D eigenvalue weighted by Crippen LogP contribution is -2.11. The molecule has 2 aromatic heterocycles. The lowest BCUT2D eigenvalue weighted by Gasteiger charge is -1.97. The van der Waals surface area contributed by atoms with Crippen molar-refractivity contribution < 1.29 is 0 Å². The fourth-order valence-corrected chi connectivity index (χ4v) is 2.45. The lowest BCUT2D eigenvalue weighted by molar-refractivity contribution is 1.22. The van der Waals surface area contributed by atoms with Crippen molar-refractivity contribution in [3.63, 3.8) is 0 Å². The van der Waals surface area contributed by atoms with E-state index in [0.717, 1.165) is 28.6 Å². The van der Waals surface area contributed by atoms with Crippen molar-refractivity contribution in [1.82, 2.24) is 9.97 Å². The van der Waals surface area contributed by atoms with E-state index in [1.807, 2.05) is 24.4 Å². The van der Waals surface area contributed by atoms with E-state index < -0.39 is 0 Å². The average Bonchev–Trinajstić information content (AvgIpc) is 3.06. The van der Waals surface area contributed by atoms with Crippen LogP contribution in [0.5, 0.6) is 0 Å². The number of pyridine rings is 2. The standard InChI is InChI=1S/C14H10N4/c1-5-15-13-11(3-7-17-13)9(1)10-2-6-16-14-12(10)4-8-18-14/h1-7H,8H2,(H,16,18). The highest BCUT2D eigenvalue weighted by Crippen LogP contribution is 2.05. The summed E-state index contributed by atoms with van der Waals surface area (Å²) in [6, 6.07) is 4.08. The molecule has 0 unspecified atom stereocenters. The van der Waals surface area contributed by atoms with Gasteiger partial charge in [0.1, 0.15) is 5.82 Å². The molecule has 0 aliphatic carbocycles. The number of rotatable bonds is 0. The zero-order valence-corrected chi connectivity index (χ0v) is 9.59. The first-order chi connectivity index (χ1) is 8.93. The van der Waals surface area contributed by atoms with E-state index in [2.05, 4.69) is 26.4 Å². The molecule has 0 fully saturated rings. The fourth-order valence-electron chi connectivity index (χ4n) is 2.45. The smallest absolute Gasteiger partial charge is 0.159 e. The van der Waals surface area contributed by atoms with Crippen molar-refractivity contribution in [1.29, 1.82) is 0 Å². The Morgan fingerprint density at radius 1 is 1.00 bits per heavy atom. The molecular formula is C14H10N4. The van der Waals surface area contributed by atoms with Gasteiger partial charge < -0.3 is 5.32 Å². The first-order valence-electron chi connectivity index (χ1n) is 5.86. The van der Waals surface area contributed by atoms with E-state index in [4.69, 9.17) is 0 Å². The number of fused-ring (bicyclic) bond motifs is 2. The summed E-state index contributed by atoms with van der Waals surface area (Å²) in [7, 11) is 0. The second-order valence-corrected chi connectivity index (χ2v) is 4.25. The minimum atomic E-state index is 0.795. The van der Waals surface area contributed by atoms with Crippen LogP contribution in [0.1, 0.15) is 0 Å². The van der Waals surface area contributed by atoms with Gasteiger partial charge in [-0.25, -0.2) is 15.0 Å². The van der Waals surface area contributed by atoms with Crippen LogP contribution >= 0.6 is 0 Å². The van der Waals surface area contributed by atoms with Crippen LogP contribution in [0.15, 0.2) is 29.5 Å². The average molecular weight is 234 g/mol. The minimum Gasteiger partial charge on any atom is -0.366 e. The molecule has 86 valence electrons. The molecule has 4 nitrogen and oxygen atoms in total. The lowest BCUT2D eigenvalue weighted by atomic mass is 10.2. The van der Waals surface area contributed by atoms with E-state index in [0.29, 0.717) is 0 Å². The number of aliphatic imine (C=N–C) groups is 1. The molecule has 0 atom stereocenters. The Morgan fingerprint density at radius 3 is 2.78 bits per heavy atom. The van der Waals surface area contributed by atoms with Gasteiger partial charge in [-0.1, -0.05) is 6.08 Å². The van der Waals surface area contributed by atoms with Gasteiger partial charge in [0.05, 0.1) is 0 Å². The van der Waals surface area contributed by atoms with E-state index in [9.17, 15) is 0 Å². The maximum Gasteiger partial charge on any atom is 0.159 e. The number of nitrogens with zero attached hydrogens (tertiary/aromatic N) is 3. The highest BCUT2D eigenvalue weighted by molar-refractivity contribution is 5.96. The van der Waals surface area contributed by atoms with Crippen molar-refractivity contribution in [3.8, 4) is 0 Å². The van der Waals surface area contributed by atoms with E-state index >= 15 is 0 Å². The largest absolute Gasteiger partial charge is 0.366 e. The SMILES string of the molecule is C1=Nc2nccc(=c3ccnc4c3=CCN4)c2=C1. The molecule has 2 aliphatic rings. The van der Waals surface area contributed by atoms with E-state index in [1.165, 1.54) is 10.4 Å².